The number of likely N-dealkylation sites (tertiary alicyclic amines) is 1. The summed E-state index contributed by atoms with van der Waals surface area (Å²) in [6.07, 6.45) is 6.20. The molecule has 6 heteroatoms. The van der Waals surface area contributed by atoms with E-state index in [1.807, 2.05) is 0 Å². The lowest BCUT2D eigenvalue weighted by Gasteiger charge is -2.46. The van der Waals surface area contributed by atoms with Gasteiger partial charge in [0.1, 0.15) is 0 Å². The standard InChI is InChI=1S/C16H25N3O3/c20-14-9-16(10-17-14)3-5-18(6-4-16)13-7-11-1-2-12(8-13)19(11)15(21)22/h11-13H,1-10H2,(H,17,20)(H,21,22)/t11-,12+,13+. The van der Waals surface area contributed by atoms with E-state index in [0.717, 1.165) is 58.2 Å². The monoisotopic (exact) mass is 307 g/mol. The van der Waals surface area contributed by atoms with Crippen LogP contribution in [-0.4, -0.2) is 64.7 Å². The first kappa shape index (κ1) is 14.3. The first-order valence-electron chi connectivity index (χ1n) is 8.58. The Bertz CT molecular complexity index is 473. The van der Waals surface area contributed by atoms with Crippen LogP contribution in [0.2, 0.25) is 0 Å². The van der Waals surface area contributed by atoms with Crippen molar-refractivity contribution in [3.05, 3.63) is 0 Å². The molecule has 4 heterocycles. The van der Waals surface area contributed by atoms with Crippen molar-refractivity contribution in [1.82, 2.24) is 15.1 Å². The van der Waals surface area contributed by atoms with Crippen molar-refractivity contribution in [2.75, 3.05) is 19.6 Å². The van der Waals surface area contributed by atoms with Crippen LogP contribution < -0.4 is 5.32 Å². The lowest BCUT2D eigenvalue weighted by Crippen LogP contribution is -2.54. The zero-order valence-electron chi connectivity index (χ0n) is 13.0. The molecule has 6 nitrogen and oxygen atoms in total. The van der Waals surface area contributed by atoms with Crippen LogP contribution in [0.3, 0.4) is 0 Å². The topological polar surface area (TPSA) is 72.9 Å². The smallest absolute Gasteiger partial charge is 0.407 e. The van der Waals surface area contributed by atoms with Gasteiger partial charge in [0.15, 0.2) is 0 Å². The molecule has 0 aliphatic carbocycles. The molecule has 0 aromatic rings. The van der Waals surface area contributed by atoms with Crippen molar-refractivity contribution in [2.24, 2.45) is 5.41 Å². The van der Waals surface area contributed by atoms with Gasteiger partial charge in [-0.3, -0.25) is 4.79 Å². The van der Waals surface area contributed by atoms with E-state index in [4.69, 9.17) is 0 Å². The minimum absolute atomic E-state index is 0.203. The van der Waals surface area contributed by atoms with Gasteiger partial charge in [-0.1, -0.05) is 0 Å². The van der Waals surface area contributed by atoms with Crippen molar-refractivity contribution in [3.63, 3.8) is 0 Å². The number of carbonyl (C=O) groups excluding carboxylic acids is 1. The number of hydrogen-bond acceptors (Lipinski definition) is 3. The van der Waals surface area contributed by atoms with Crippen LogP contribution in [0.4, 0.5) is 4.79 Å². The van der Waals surface area contributed by atoms with Gasteiger partial charge in [0.05, 0.1) is 0 Å². The summed E-state index contributed by atoms with van der Waals surface area (Å²) in [4.78, 5) is 27.2. The maximum Gasteiger partial charge on any atom is 0.407 e. The van der Waals surface area contributed by atoms with Gasteiger partial charge in [0.25, 0.3) is 0 Å². The van der Waals surface area contributed by atoms with Crippen molar-refractivity contribution >= 4 is 12.0 Å². The average molecular weight is 307 g/mol. The fourth-order valence-electron chi connectivity index (χ4n) is 5.23. The SMILES string of the molecule is O=C1CC2(CCN([C@H]3C[C@H]4CC[C@@H](C3)N4C(=O)O)CC2)CN1. The number of fused-ring (bicyclic) bond motifs is 2. The van der Waals surface area contributed by atoms with Crippen LogP contribution in [0.25, 0.3) is 0 Å². The predicted molar refractivity (Wildman–Crippen MR) is 80.6 cm³/mol. The van der Waals surface area contributed by atoms with E-state index in [-0.39, 0.29) is 23.4 Å². The number of nitrogens with zero attached hydrogens (tertiary/aromatic N) is 2. The van der Waals surface area contributed by atoms with E-state index in [1.165, 1.54) is 0 Å². The molecule has 4 fully saturated rings. The summed E-state index contributed by atoms with van der Waals surface area (Å²) in [6, 6.07) is 0.995. The predicted octanol–water partition coefficient (Wildman–Crippen LogP) is 1.26. The van der Waals surface area contributed by atoms with Gasteiger partial charge in [-0.25, -0.2) is 4.79 Å². The van der Waals surface area contributed by atoms with Crippen LogP contribution in [0.1, 0.15) is 44.9 Å². The summed E-state index contributed by atoms with van der Waals surface area (Å²) >= 11 is 0. The molecule has 0 unspecified atom stereocenters. The van der Waals surface area contributed by atoms with E-state index < -0.39 is 6.09 Å². The van der Waals surface area contributed by atoms with Gasteiger partial charge >= 0.3 is 6.09 Å². The van der Waals surface area contributed by atoms with Gasteiger partial charge in [0.2, 0.25) is 5.91 Å². The Morgan fingerprint density at radius 3 is 2.27 bits per heavy atom. The molecule has 122 valence electrons. The lowest BCUT2D eigenvalue weighted by atomic mass is 9.77. The summed E-state index contributed by atoms with van der Waals surface area (Å²) < 4.78 is 0. The molecule has 4 saturated heterocycles. The molecule has 2 N–H and O–H groups in total. The lowest BCUT2D eigenvalue weighted by molar-refractivity contribution is -0.119. The molecule has 1 spiro atoms. The first-order chi connectivity index (χ1) is 10.6. The third-order valence-corrected chi connectivity index (χ3v) is 6.50. The molecule has 4 aliphatic heterocycles. The second kappa shape index (κ2) is 5.11. The molecule has 3 atom stereocenters. The molecule has 4 rings (SSSR count). The van der Waals surface area contributed by atoms with Crippen molar-refractivity contribution in [2.45, 2.75) is 63.1 Å². The Hall–Kier alpha value is -1.30. The highest BCUT2D eigenvalue weighted by atomic mass is 16.4. The molecule has 2 amide bonds. The number of hydrogen-bond donors (Lipinski definition) is 2. The van der Waals surface area contributed by atoms with E-state index >= 15 is 0 Å². The van der Waals surface area contributed by atoms with Gasteiger partial charge in [-0.15, -0.1) is 0 Å². The number of amides is 2. The fourth-order valence-corrected chi connectivity index (χ4v) is 5.23. The van der Waals surface area contributed by atoms with E-state index in [2.05, 4.69) is 10.2 Å². The highest BCUT2D eigenvalue weighted by molar-refractivity contribution is 5.79. The van der Waals surface area contributed by atoms with E-state index in [1.54, 1.807) is 4.90 Å². The Labute approximate surface area is 130 Å². The number of carbonyl (C=O) groups is 2. The molecule has 0 aromatic carbocycles. The molecule has 0 aromatic heterocycles. The van der Waals surface area contributed by atoms with E-state index in [0.29, 0.717) is 12.5 Å². The molecule has 2 bridgehead atoms. The second-order valence-corrected chi connectivity index (χ2v) is 7.69. The molecular formula is C16H25N3O3. The summed E-state index contributed by atoms with van der Waals surface area (Å²) in [7, 11) is 0. The maximum atomic E-state index is 11.5. The summed E-state index contributed by atoms with van der Waals surface area (Å²) in [6.45, 7) is 2.97. The second-order valence-electron chi connectivity index (χ2n) is 7.69. The molecule has 0 radical (unpaired) electrons. The molecule has 0 saturated carbocycles. The van der Waals surface area contributed by atoms with Crippen molar-refractivity contribution < 1.29 is 14.7 Å². The minimum Gasteiger partial charge on any atom is -0.465 e. The normalized spacial score (nSPS) is 37.5. The van der Waals surface area contributed by atoms with Gasteiger partial charge in [-0.05, 0) is 57.0 Å². The molecule has 22 heavy (non-hydrogen) atoms. The van der Waals surface area contributed by atoms with Crippen molar-refractivity contribution in [3.8, 4) is 0 Å². The maximum absolute atomic E-state index is 11.5. The minimum atomic E-state index is -0.737. The molecular weight excluding hydrogens is 282 g/mol. The molecule has 4 aliphatic rings. The Morgan fingerprint density at radius 1 is 1.14 bits per heavy atom. The third-order valence-electron chi connectivity index (χ3n) is 6.50. The van der Waals surface area contributed by atoms with Gasteiger partial charge < -0.3 is 20.2 Å². The Morgan fingerprint density at radius 2 is 1.77 bits per heavy atom. The van der Waals surface area contributed by atoms with Gasteiger partial charge in [0, 0.05) is 31.1 Å². The van der Waals surface area contributed by atoms with Crippen LogP contribution in [0, 0.1) is 5.41 Å². The summed E-state index contributed by atoms with van der Waals surface area (Å²) in [5.74, 6) is 0.210. The highest BCUT2D eigenvalue weighted by Gasteiger charge is 2.47. The van der Waals surface area contributed by atoms with Crippen LogP contribution in [0.5, 0.6) is 0 Å². The first-order valence-corrected chi connectivity index (χ1v) is 8.58. The quantitative estimate of drug-likeness (QED) is 0.765. The third kappa shape index (κ3) is 2.28. The van der Waals surface area contributed by atoms with Crippen LogP contribution >= 0.6 is 0 Å². The largest absolute Gasteiger partial charge is 0.465 e. The highest BCUT2D eigenvalue weighted by Crippen LogP contribution is 2.42. The van der Waals surface area contributed by atoms with Crippen LogP contribution in [-0.2, 0) is 4.79 Å². The average Bonchev–Trinajstić information content (AvgIpc) is 2.98. The number of carboxylic acid groups (broad SMARTS) is 1. The zero-order chi connectivity index (χ0) is 15.3. The van der Waals surface area contributed by atoms with Gasteiger partial charge in [-0.2, -0.15) is 0 Å². The zero-order valence-corrected chi connectivity index (χ0v) is 13.0. The summed E-state index contributed by atoms with van der Waals surface area (Å²) in [5.41, 5.74) is 0.203. The van der Waals surface area contributed by atoms with E-state index in [9.17, 15) is 14.7 Å². The Kier molecular flexibility index (Phi) is 3.33. The fraction of sp³-hybridized carbons (Fsp3) is 0.875. The van der Waals surface area contributed by atoms with Crippen molar-refractivity contribution in [1.29, 1.82) is 0 Å². The van der Waals surface area contributed by atoms with Crippen LogP contribution in [0.15, 0.2) is 0 Å². The number of rotatable bonds is 1. The Balaban J connectivity index is 1.37. The summed E-state index contributed by atoms with van der Waals surface area (Å²) in [5, 5.41) is 12.3. The number of nitrogens with one attached hydrogen (secondary N) is 1. The number of piperidine rings is 2.